The Balaban J connectivity index is 1.72. The Morgan fingerprint density at radius 1 is 1.25 bits per heavy atom. The number of carbonyl (C=O) groups is 2. The zero-order valence-electron chi connectivity index (χ0n) is 14.9. The zero-order valence-corrected chi connectivity index (χ0v) is 14.9. The van der Waals surface area contributed by atoms with Crippen molar-refractivity contribution in [3.8, 4) is 0 Å². The van der Waals surface area contributed by atoms with Crippen molar-refractivity contribution in [3.05, 3.63) is 0 Å². The number of hydroxylamine groups is 1. The van der Waals surface area contributed by atoms with Gasteiger partial charge in [-0.15, -0.1) is 0 Å². The molecular weight excluding hydrogens is 312 g/mol. The van der Waals surface area contributed by atoms with Crippen LogP contribution in [0.25, 0.3) is 0 Å². The summed E-state index contributed by atoms with van der Waals surface area (Å²) in [6, 6.07) is -0.197. The number of carboxylic acid groups (broad SMARTS) is 1. The highest BCUT2D eigenvalue weighted by molar-refractivity contribution is 5.77. The minimum absolute atomic E-state index is 0.0126. The molecule has 2 aliphatic heterocycles. The molecule has 0 spiro atoms. The summed E-state index contributed by atoms with van der Waals surface area (Å²) in [6.07, 6.45) is 3.32. The Hall–Kier alpha value is -1.34. The molecule has 2 N–H and O–H groups in total. The summed E-state index contributed by atoms with van der Waals surface area (Å²) in [5.41, 5.74) is 1.44. The van der Waals surface area contributed by atoms with Crippen LogP contribution in [-0.2, 0) is 14.4 Å². The van der Waals surface area contributed by atoms with Crippen molar-refractivity contribution in [1.82, 2.24) is 10.4 Å². The molecular formula is C17H28N2O5. The average Bonchev–Trinajstić information content (AvgIpc) is 2.45. The second kappa shape index (κ2) is 5.88. The van der Waals surface area contributed by atoms with Crippen LogP contribution in [0.2, 0.25) is 0 Å². The number of aliphatic carboxylic acids is 1. The topological polar surface area (TPSA) is 88.1 Å². The standard InChI is InChI=1S/C17H28N2O5/c1-10(18-23-4)16(2,3)24-15(22)19-12-5-11-6-13(19)9-17(7-11,8-12)14(20)21/h10-13,18H,5-9H2,1-4H3,(H,20,21). The van der Waals surface area contributed by atoms with Gasteiger partial charge < -0.3 is 19.6 Å². The van der Waals surface area contributed by atoms with E-state index in [0.29, 0.717) is 18.8 Å². The summed E-state index contributed by atoms with van der Waals surface area (Å²) >= 11 is 0. The number of hydrogen-bond acceptors (Lipinski definition) is 5. The molecule has 2 heterocycles. The van der Waals surface area contributed by atoms with E-state index in [9.17, 15) is 14.7 Å². The second-order valence-electron chi connectivity index (χ2n) is 8.27. The fourth-order valence-corrected chi connectivity index (χ4v) is 4.87. The lowest BCUT2D eigenvalue weighted by molar-refractivity contribution is -0.171. The Labute approximate surface area is 142 Å². The predicted molar refractivity (Wildman–Crippen MR) is 86.2 cm³/mol. The van der Waals surface area contributed by atoms with Gasteiger partial charge in [0.05, 0.1) is 18.6 Å². The van der Waals surface area contributed by atoms with Gasteiger partial charge in [0, 0.05) is 12.1 Å². The lowest BCUT2D eigenvalue weighted by Crippen LogP contribution is -2.65. The lowest BCUT2D eigenvalue weighted by atomic mass is 9.55. The van der Waals surface area contributed by atoms with Crippen LogP contribution in [0, 0.1) is 11.3 Å². The lowest BCUT2D eigenvalue weighted by Gasteiger charge is -2.59. The molecule has 4 fully saturated rings. The number of carboxylic acids is 1. The SMILES string of the molecule is CONC(C)C(C)(C)OC(=O)N1C2CC3CC1CC(C(=O)O)(C3)C2. The monoisotopic (exact) mass is 340 g/mol. The van der Waals surface area contributed by atoms with Crippen molar-refractivity contribution in [2.45, 2.75) is 76.6 Å². The van der Waals surface area contributed by atoms with E-state index in [4.69, 9.17) is 9.57 Å². The fraction of sp³-hybridized carbons (Fsp3) is 0.882. The Bertz CT molecular complexity index is 519. The molecule has 3 unspecified atom stereocenters. The van der Waals surface area contributed by atoms with Gasteiger partial charge >= 0.3 is 12.1 Å². The summed E-state index contributed by atoms with van der Waals surface area (Å²) < 4.78 is 5.77. The normalized spacial score (nSPS) is 35.8. The maximum absolute atomic E-state index is 12.8. The number of nitrogens with zero attached hydrogens (tertiary/aromatic N) is 1. The molecule has 7 heteroatoms. The number of amides is 1. The highest BCUT2D eigenvalue weighted by Crippen LogP contribution is 2.56. The van der Waals surface area contributed by atoms with E-state index in [1.165, 1.54) is 7.11 Å². The molecule has 3 atom stereocenters. The summed E-state index contributed by atoms with van der Waals surface area (Å²) in [6.45, 7) is 5.58. The molecule has 7 nitrogen and oxygen atoms in total. The first-order valence-corrected chi connectivity index (χ1v) is 8.72. The summed E-state index contributed by atoms with van der Waals surface area (Å²) in [4.78, 5) is 31.3. The van der Waals surface area contributed by atoms with E-state index in [-0.39, 0.29) is 24.2 Å². The zero-order chi connectivity index (χ0) is 17.7. The van der Waals surface area contributed by atoms with E-state index in [1.54, 1.807) is 0 Å². The van der Waals surface area contributed by atoms with Crippen molar-refractivity contribution >= 4 is 12.1 Å². The molecule has 136 valence electrons. The minimum atomic E-state index is -0.730. The summed E-state index contributed by atoms with van der Waals surface area (Å²) in [5.74, 6) is -0.280. The smallest absolute Gasteiger partial charge is 0.410 e. The molecule has 0 aromatic heterocycles. The van der Waals surface area contributed by atoms with Gasteiger partial charge in [0.2, 0.25) is 0 Å². The highest BCUT2D eigenvalue weighted by atomic mass is 16.6. The summed E-state index contributed by atoms with van der Waals surface area (Å²) in [5, 5.41) is 9.67. The van der Waals surface area contributed by atoms with Crippen LogP contribution in [0.5, 0.6) is 0 Å². The van der Waals surface area contributed by atoms with Crippen LogP contribution in [0.1, 0.15) is 52.9 Å². The maximum atomic E-state index is 12.8. The van der Waals surface area contributed by atoms with E-state index < -0.39 is 17.0 Å². The fourth-order valence-electron chi connectivity index (χ4n) is 4.87. The van der Waals surface area contributed by atoms with Gasteiger partial charge in [-0.05, 0) is 58.8 Å². The van der Waals surface area contributed by atoms with E-state index in [0.717, 1.165) is 19.3 Å². The van der Waals surface area contributed by atoms with Crippen molar-refractivity contribution < 1.29 is 24.3 Å². The van der Waals surface area contributed by atoms with Gasteiger partial charge in [0.15, 0.2) is 0 Å². The Morgan fingerprint density at radius 3 is 2.33 bits per heavy atom. The minimum Gasteiger partial charge on any atom is -0.481 e. The number of nitrogens with one attached hydrogen (secondary N) is 1. The summed E-state index contributed by atoms with van der Waals surface area (Å²) in [7, 11) is 1.53. The first kappa shape index (κ1) is 17.5. The van der Waals surface area contributed by atoms with Crippen LogP contribution in [-0.4, -0.2) is 52.9 Å². The van der Waals surface area contributed by atoms with E-state index >= 15 is 0 Å². The number of ether oxygens (including phenoxy) is 1. The van der Waals surface area contributed by atoms with Crippen molar-refractivity contribution in [2.75, 3.05) is 7.11 Å². The average molecular weight is 340 g/mol. The molecule has 2 aliphatic carbocycles. The van der Waals surface area contributed by atoms with Crippen molar-refractivity contribution in [2.24, 2.45) is 11.3 Å². The predicted octanol–water partition coefficient (Wildman–Crippen LogP) is 2.16. The van der Waals surface area contributed by atoms with Crippen LogP contribution in [0.15, 0.2) is 0 Å². The molecule has 0 aromatic rings. The molecule has 4 bridgehead atoms. The van der Waals surface area contributed by atoms with Crippen LogP contribution >= 0.6 is 0 Å². The quantitative estimate of drug-likeness (QED) is 0.746. The third kappa shape index (κ3) is 2.77. The first-order chi connectivity index (χ1) is 11.2. The first-order valence-electron chi connectivity index (χ1n) is 8.72. The third-order valence-electron chi connectivity index (χ3n) is 6.28. The van der Waals surface area contributed by atoms with Crippen LogP contribution < -0.4 is 5.48 Å². The number of carbonyl (C=O) groups excluding carboxylic acids is 1. The molecule has 2 saturated carbocycles. The molecule has 2 saturated heterocycles. The largest absolute Gasteiger partial charge is 0.481 e. The van der Waals surface area contributed by atoms with Crippen LogP contribution in [0.4, 0.5) is 4.79 Å². The van der Waals surface area contributed by atoms with E-state index in [1.807, 2.05) is 25.7 Å². The third-order valence-corrected chi connectivity index (χ3v) is 6.28. The van der Waals surface area contributed by atoms with Crippen molar-refractivity contribution in [3.63, 3.8) is 0 Å². The number of hydrogen-bond donors (Lipinski definition) is 2. The molecule has 1 amide bonds. The van der Waals surface area contributed by atoms with E-state index in [2.05, 4.69) is 5.48 Å². The number of piperidine rings is 2. The van der Waals surface area contributed by atoms with Gasteiger partial charge in [-0.2, -0.15) is 5.48 Å². The molecule has 0 aromatic carbocycles. The Kier molecular flexibility index (Phi) is 4.28. The molecule has 4 aliphatic rings. The van der Waals surface area contributed by atoms with Gasteiger partial charge in [-0.25, -0.2) is 4.79 Å². The van der Waals surface area contributed by atoms with Gasteiger partial charge in [-0.1, -0.05) is 0 Å². The second-order valence-corrected chi connectivity index (χ2v) is 8.27. The Morgan fingerprint density at radius 2 is 1.83 bits per heavy atom. The molecule has 0 radical (unpaired) electrons. The highest BCUT2D eigenvalue weighted by Gasteiger charge is 2.59. The maximum Gasteiger partial charge on any atom is 0.410 e. The molecule has 24 heavy (non-hydrogen) atoms. The van der Waals surface area contributed by atoms with Gasteiger partial charge in [-0.3, -0.25) is 4.79 Å². The van der Waals surface area contributed by atoms with Gasteiger partial charge in [0.1, 0.15) is 5.60 Å². The molecule has 4 rings (SSSR count). The van der Waals surface area contributed by atoms with Crippen LogP contribution in [0.3, 0.4) is 0 Å². The van der Waals surface area contributed by atoms with Crippen molar-refractivity contribution in [1.29, 1.82) is 0 Å². The van der Waals surface area contributed by atoms with Gasteiger partial charge in [0.25, 0.3) is 0 Å². The number of rotatable bonds is 5.